The third kappa shape index (κ3) is 3.52. The topological polar surface area (TPSA) is 36.4 Å². The Labute approximate surface area is 137 Å². The Kier molecular flexibility index (Phi) is 4.91. The number of amides is 1. The maximum Gasteiger partial charge on any atom is 0.276 e. The van der Waals surface area contributed by atoms with Crippen molar-refractivity contribution in [3.05, 3.63) is 54.4 Å². The molecule has 0 spiro atoms. The first kappa shape index (κ1) is 15.5. The Hall–Kier alpha value is -2.36. The zero-order valence-corrected chi connectivity index (χ0v) is 13.6. The Balaban J connectivity index is 1.84. The van der Waals surface area contributed by atoms with Gasteiger partial charge in [0, 0.05) is 37.2 Å². The van der Waals surface area contributed by atoms with Gasteiger partial charge in [-0.15, -0.1) is 0 Å². The molecule has 1 fully saturated rings. The Bertz CT molecular complexity index is 651. The van der Waals surface area contributed by atoms with Crippen LogP contribution in [0.4, 0.5) is 11.4 Å². The van der Waals surface area contributed by atoms with Gasteiger partial charge in [-0.3, -0.25) is 9.78 Å². The minimum Gasteiger partial charge on any atom is -0.371 e. The zero-order chi connectivity index (χ0) is 16.1. The van der Waals surface area contributed by atoms with E-state index in [2.05, 4.69) is 9.88 Å². The van der Waals surface area contributed by atoms with Gasteiger partial charge in [0.05, 0.1) is 0 Å². The Morgan fingerprint density at radius 3 is 2.57 bits per heavy atom. The molecule has 120 valence electrons. The van der Waals surface area contributed by atoms with Crippen molar-refractivity contribution in [1.82, 2.24) is 4.98 Å². The van der Waals surface area contributed by atoms with Crippen LogP contribution in [-0.4, -0.2) is 30.5 Å². The van der Waals surface area contributed by atoms with Crippen LogP contribution in [0.3, 0.4) is 0 Å². The second-order valence-electron chi connectivity index (χ2n) is 5.83. The number of para-hydroxylation sites is 1. The number of benzene rings is 1. The van der Waals surface area contributed by atoms with Crippen LogP contribution in [0.15, 0.2) is 48.7 Å². The number of aromatic nitrogens is 1. The van der Waals surface area contributed by atoms with Crippen molar-refractivity contribution in [2.45, 2.75) is 26.2 Å². The smallest absolute Gasteiger partial charge is 0.276 e. The molecule has 1 aromatic heterocycles. The summed E-state index contributed by atoms with van der Waals surface area (Å²) in [5.74, 6) is -0.0439. The number of anilines is 2. The number of rotatable bonds is 4. The number of carbonyl (C=O) groups is 1. The molecule has 23 heavy (non-hydrogen) atoms. The Morgan fingerprint density at radius 1 is 1.13 bits per heavy atom. The lowest BCUT2D eigenvalue weighted by Gasteiger charge is -2.29. The molecule has 0 radical (unpaired) electrons. The second-order valence-corrected chi connectivity index (χ2v) is 5.83. The molecular weight excluding hydrogens is 286 g/mol. The normalized spacial score (nSPS) is 14.6. The lowest BCUT2D eigenvalue weighted by molar-refractivity contribution is 0.0983. The maximum absolute atomic E-state index is 12.9. The van der Waals surface area contributed by atoms with Crippen LogP contribution in [0, 0.1) is 0 Å². The third-order valence-electron chi connectivity index (χ3n) is 4.31. The van der Waals surface area contributed by atoms with Crippen LogP contribution >= 0.6 is 0 Å². The van der Waals surface area contributed by atoms with E-state index in [1.54, 1.807) is 11.1 Å². The summed E-state index contributed by atoms with van der Waals surface area (Å²) in [4.78, 5) is 21.3. The van der Waals surface area contributed by atoms with Gasteiger partial charge in [-0.05, 0) is 50.5 Å². The number of hydrogen-bond acceptors (Lipinski definition) is 3. The average Bonchev–Trinajstić information content (AvgIpc) is 2.64. The molecule has 3 rings (SSSR count). The summed E-state index contributed by atoms with van der Waals surface area (Å²) in [6.07, 6.45) is 5.48. The van der Waals surface area contributed by atoms with E-state index in [1.165, 1.54) is 19.3 Å². The van der Waals surface area contributed by atoms with Gasteiger partial charge in [0.25, 0.3) is 5.91 Å². The molecule has 0 unspecified atom stereocenters. The van der Waals surface area contributed by atoms with Crippen LogP contribution in [-0.2, 0) is 0 Å². The first-order valence-corrected chi connectivity index (χ1v) is 8.37. The predicted molar refractivity (Wildman–Crippen MR) is 94.1 cm³/mol. The van der Waals surface area contributed by atoms with Crippen molar-refractivity contribution < 1.29 is 4.79 Å². The van der Waals surface area contributed by atoms with Gasteiger partial charge < -0.3 is 9.80 Å². The van der Waals surface area contributed by atoms with E-state index < -0.39 is 0 Å². The summed E-state index contributed by atoms with van der Waals surface area (Å²) in [5, 5.41) is 0. The van der Waals surface area contributed by atoms with Crippen LogP contribution in [0.2, 0.25) is 0 Å². The molecule has 1 saturated heterocycles. The molecule has 0 atom stereocenters. The summed E-state index contributed by atoms with van der Waals surface area (Å²) in [6.45, 7) is 4.74. The van der Waals surface area contributed by atoms with Crippen molar-refractivity contribution in [2.24, 2.45) is 0 Å². The highest BCUT2D eigenvalue weighted by atomic mass is 16.2. The average molecular weight is 309 g/mol. The van der Waals surface area contributed by atoms with Gasteiger partial charge in [-0.2, -0.15) is 0 Å². The number of hydrogen-bond donors (Lipinski definition) is 0. The van der Waals surface area contributed by atoms with E-state index in [0.717, 1.165) is 24.5 Å². The van der Waals surface area contributed by atoms with E-state index in [4.69, 9.17) is 0 Å². The lowest BCUT2D eigenvalue weighted by Crippen LogP contribution is -2.32. The first-order chi connectivity index (χ1) is 11.3. The first-order valence-electron chi connectivity index (χ1n) is 8.37. The zero-order valence-electron chi connectivity index (χ0n) is 13.6. The van der Waals surface area contributed by atoms with Crippen molar-refractivity contribution in [1.29, 1.82) is 0 Å². The van der Waals surface area contributed by atoms with E-state index in [9.17, 15) is 4.79 Å². The van der Waals surface area contributed by atoms with Crippen molar-refractivity contribution in [3.8, 4) is 0 Å². The summed E-state index contributed by atoms with van der Waals surface area (Å²) < 4.78 is 0. The highest BCUT2D eigenvalue weighted by Crippen LogP contribution is 2.22. The molecule has 0 bridgehead atoms. The molecule has 4 nitrogen and oxygen atoms in total. The summed E-state index contributed by atoms with van der Waals surface area (Å²) in [6, 6.07) is 13.7. The highest BCUT2D eigenvalue weighted by Gasteiger charge is 2.19. The molecule has 1 aromatic carbocycles. The minimum absolute atomic E-state index is 0.0439. The van der Waals surface area contributed by atoms with Gasteiger partial charge in [0.15, 0.2) is 0 Å². The van der Waals surface area contributed by atoms with Crippen molar-refractivity contribution in [2.75, 3.05) is 29.4 Å². The number of nitrogens with zero attached hydrogens (tertiary/aromatic N) is 3. The van der Waals surface area contributed by atoms with Crippen LogP contribution < -0.4 is 9.80 Å². The second kappa shape index (κ2) is 7.27. The highest BCUT2D eigenvalue weighted by molar-refractivity contribution is 6.05. The van der Waals surface area contributed by atoms with E-state index in [0.29, 0.717) is 12.2 Å². The van der Waals surface area contributed by atoms with Crippen LogP contribution in [0.25, 0.3) is 0 Å². The number of carbonyl (C=O) groups excluding carboxylic acids is 1. The maximum atomic E-state index is 12.9. The monoisotopic (exact) mass is 309 g/mol. The predicted octanol–water partition coefficient (Wildman–Crippen LogP) is 3.74. The van der Waals surface area contributed by atoms with Crippen molar-refractivity contribution >= 4 is 17.3 Å². The molecule has 0 aliphatic carbocycles. The van der Waals surface area contributed by atoms with Crippen molar-refractivity contribution in [3.63, 3.8) is 0 Å². The third-order valence-corrected chi connectivity index (χ3v) is 4.31. The van der Waals surface area contributed by atoms with E-state index in [-0.39, 0.29) is 5.91 Å². The largest absolute Gasteiger partial charge is 0.371 e. The van der Waals surface area contributed by atoms with Gasteiger partial charge in [0.2, 0.25) is 0 Å². The number of piperidine rings is 1. The minimum atomic E-state index is -0.0439. The van der Waals surface area contributed by atoms with Gasteiger partial charge in [-0.25, -0.2) is 0 Å². The van der Waals surface area contributed by atoms with Crippen LogP contribution in [0.5, 0.6) is 0 Å². The molecule has 0 saturated carbocycles. The van der Waals surface area contributed by atoms with Gasteiger partial charge >= 0.3 is 0 Å². The molecule has 2 heterocycles. The SMILES string of the molecule is CCN(C(=O)c1cc(N2CCCCC2)ccn1)c1ccccc1. The lowest BCUT2D eigenvalue weighted by atomic mass is 10.1. The molecule has 1 amide bonds. The van der Waals surface area contributed by atoms with E-state index in [1.807, 2.05) is 49.4 Å². The summed E-state index contributed by atoms with van der Waals surface area (Å²) in [7, 11) is 0. The molecule has 2 aromatic rings. The summed E-state index contributed by atoms with van der Waals surface area (Å²) >= 11 is 0. The molecule has 0 N–H and O–H groups in total. The molecule has 1 aliphatic rings. The Morgan fingerprint density at radius 2 is 1.87 bits per heavy atom. The van der Waals surface area contributed by atoms with E-state index >= 15 is 0 Å². The molecular formula is C19H23N3O. The fourth-order valence-electron chi connectivity index (χ4n) is 3.07. The van der Waals surface area contributed by atoms with Gasteiger partial charge in [-0.1, -0.05) is 18.2 Å². The quantitative estimate of drug-likeness (QED) is 0.863. The number of pyridine rings is 1. The standard InChI is InChI=1S/C19H23N3O/c1-2-22(16-9-5-3-6-10-16)19(23)18-15-17(11-12-20-18)21-13-7-4-8-14-21/h3,5-6,9-12,15H,2,4,7-8,13-14H2,1H3. The molecule has 1 aliphatic heterocycles. The fourth-order valence-corrected chi connectivity index (χ4v) is 3.07. The summed E-state index contributed by atoms with van der Waals surface area (Å²) in [5.41, 5.74) is 2.52. The fraction of sp³-hybridized carbons (Fsp3) is 0.368. The molecule has 4 heteroatoms. The van der Waals surface area contributed by atoms with Crippen LogP contribution in [0.1, 0.15) is 36.7 Å². The van der Waals surface area contributed by atoms with Gasteiger partial charge in [0.1, 0.15) is 5.69 Å².